The average Bonchev–Trinajstić information content (AvgIpc) is 2.83. The monoisotopic (exact) mass is 277 g/mol. The first-order valence-corrected chi connectivity index (χ1v) is 6.88. The van der Waals surface area contributed by atoms with E-state index in [1.807, 2.05) is 12.1 Å². The molecule has 0 amide bonds. The van der Waals surface area contributed by atoms with Crippen molar-refractivity contribution in [2.24, 2.45) is 16.8 Å². The minimum absolute atomic E-state index is 0.0481. The van der Waals surface area contributed by atoms with Crippen molar-refractivity contribution in [1.82, 2.24) is 14.8 Å². The number of nitrogens with zero attached hydrogens (tertiary/aromatic N) is 4. The Bertz CT molecular complexity index is 476. The van der Waals surface area contributed by atoms with Crippen molar-refractivity contribution in [2.45, 2.75) is 13.0 Å². The van der Waals surface area contributed by atoms with E-state index < -0.39 is 0 Å². The number of aromatic nitrogens is 1. The molecule has 6 nitrogen and oxygen atoms in total. The summed E-state index contributed by atoms with van der Waals surface area (Å²) in [7, 11) is 4.30. The van der Waals surface area contributed by atoms with Crippen LogP contribution in [0.5, 0.6) is 0 Å². The molecule has 6 heteroatoms. The predicted molar refractivity (Wildman–Crippen MR) is 78.7 cm³/mol. The summed E-state index contributed by atoms with van der Waals surface area (Å²) in [4.78, 5) is 8.78. The average molecular weight is 277 g/mol. The van der Waals surface area contributed by atoms with Crippen molar-refractivity contribution in [3.8, 4) is 0 Å². The molecule has 1 aromatic rings. The summed E-state index contributed by atoms with van der Waals surface area (Å²) >= 11 is 0. The van der Waals surface area contributed by atoms with Crippen molar-refractivity contribution >= 4 is 5.84 Å². The summed E-state index contributed by atoms with van der Waals surface area (Å²) in [5.74, 6) is 0.794. The van der Waals surface area contributed by atoms with Crippen LogP contribution in [-0.4, -0.2) is 59.6 Å². The lowest BCUT2D eigenvalue weighted by Gasteiger charge is -2.21. The fraction of sp³-hybridized carbons (Fsp3) is 0.571. The van der Waals surface area contributed by atoms with E-state index in [-0.39, 0.29) is 5.84 Å². The van der Waals surface area contributed by atoms with Crippen LogP contribution in [0.4, 0.5) is 0 Å². The van der Waals surface area contributed by atoms with Crippen LogP contribution >= 0.6 is 0 Å². The third-order valence-corrected chi connectivity index (χ3v) is 3.71. The Balaban J connectivity index is 1.92. The Morgan fingerprint density at radius 1 is 1.65 bits per heavy atom. The Hall–Kier alpha value is -1.66. The number of amidine groups is 1. The largest absolute Gasteiger partial charge is 0.409 e. The molecule has 2 rings (SSSR count). The van der Waals surface area contributed by atoms with E-state index in [0.29, 0.717) is 5.69 Å². The number of pyridine rings is 1. The van der Waals surface area contributed by atoms with E-state index in [1.165, 1.54) is 19.5 Å². The van der Waals surface area contributed by atoms with Crippen LogP contribution in [0.2, 0.25) is 0 Å². The van der Waals surface area contributed by atoms with E-state index in [1.54, 1.807) is 6.20 Å². The molecule has 1 aliphatic rings. The molecule has 3 N–H and O–H groups in total. The molecule has 1 atom stereocenters. The molecule has 1 aromatic heterocycles. The Kier molecular flexibility index (Phi) is 4.92. The number of oxime groups is 1. The van der Waals surface area contributed by atoms with Crippen LogP contribution in [0, 0.1) is 5.92 Å². The molecule has 0 aromatic carbocycles. The van der Waals surface area contributed by atoms with E-state index in [0.717, 1.165) is 24.6 Å². The van der Waals surface area contributed by atoms with Gasteiger partial charge in [-0.1, -0.05) is 5.16 Å². The zero-order chi connectivity index (χ0) is 14.5. The molecule has 2 heterocycles. The summed E-state index contributed by atoms with van der Waals surface area (Å²) in [6, 6.07) is 3.83. The third kappa shape index (κ3) is 3.91. The van der Waals surface area contributed by atoms with Crippen LogP contribution in [0.1, 0.15) is 17.7 Å². The molecule has 1 unspecified atom stereocenters. The highest BCUT2D eigenvalue weighted by atomic mass is 16.4. The lowest BCUT2D eigenvalue weighted by Crippen LogP contribution is -2.27. The molecule has 20 heavy (non-hydrogen) atoms. The van der Waals surface area contributed by atoms with Gasteiger partial charge in [-0.15, -0.1) is 0 Å². The van der Waals surface area contributed by atoms with Gasteiger partial charge in [0.2, 0.25) is 0 Å². The zero-order valence-corrected chi connectivity index (χ0v) is 12.2. The van der Waals surface area contributed by atoms with Crippen LogP contribution in [0.3, 0.4) is 0 Å². The Morgan fingerprint density at radius 3 is 3.10 bits per heavy atom. The molecule has 0 aliphatic carbocycles. The number of hydrogen-bond donors (Lipinski definition) is 2. The highest BCUT2D eigenvalue weighted by Crippen LogP contribution is 2.16. The predicted octanol–water partition coefficient (Wildman–Crippen LogP) is 0.560. The minimum atomic E-state index is 0.0481. The van der Waals surface area contributed by atoms with Crippen molar-refractivity contribution in [3.63, 3.8) is 0 Å². The minimum Gasteiger partial charge on any atom is -0.409 e. The van der Waals surface area contributed by atoms with Crippen LogP contribution in [-0.2, 0) is 6.54 Å². The van der Waals surface area contributed by atoms with Gasteiger partial charge in [0.05, 0.1) is 0 Å². The first-order chi connectivity index (χ1) is 9.58. The molecule has 1 fully saturated rings. The highest BCUT2D eigenvalue weighted by molar-refractivity contribution is 5.95. The fourth-order valence-corrected chi connectivity index (χ4v) is 2.76. The molecule has 0 saturated carbocycles. The molecule has 0 spiro atoms. The summed E-state index contributed by atoms with van der Waals surface area (Å²) in [5.41, 5.74) is 7.19. The van der Waals surface area contributed by atoms with Crippen LogP contribution in [0.25, 0.3) is 0 Å². The summed E-state index contributed by atoms with van der Waals surface area (Å²) in [6.07, 6.45) is 2.96. The van der Waals surface area contributed by atoms with E-state index in [4.69, 9.17) is 10.9 Å². The zero-order valence-electron chi connectivity index (χ0n) is 12.2. The second-order valence-electron chi connectivity index (χ2n) is 5.65. The molecule has 1 aliphatic heterocycles. The molecule has 0 radical (unpaired) electrons. The number of hydrogen-bond acceptors (Lipinski definition) is 5. The maximum absolute atomic E-state index is 8.68. The van der Waals surface area contributed by atoms with Gasteiger partial charge in [0.1, 0.15) is 5.69 Å². The number of rotatable bonds is 5. The summed E-state index contributed by atoms with van der Waals surface area (Å²) in [5, 5.41) is 11.7. The van der Waals surface area contributed by atoms with Gasteiger partial charge in [-0.05, 0) is 50.7 Å². The SMILES string of the molecule is CN1CCC(CN(C)Cc2ccnc(C(N)=NO)c2)C1. The van der Waals surface area contributed by atoms with Crippen molar-refractivity contribution in [2.75, 3.05) is 33.7 Å². The smallest absolute Gasteiger partial charge is 0.188 e. The lowest BCUT2D eigenvalue weighted by molar-refractivity contribution is 0.267. The van der Waals surface area contributed by atoms with E-state index in [2.05, 4.69) is 34.0 Å². The normalized spacial score (nSPS) is 20.8. The second-order valence-corrected chi connectivity index (χ2v) is 5.65. The van der Waals surface area contributed by atoms with Gasteiger partial charge < -0.3 is 20.7 Å². The second kappa shape index (κ2) is 6.67. The first kappa shape index (κ1) is 14.7. The molecule has 1 saturated heterocycles. The highest BCUT2D eigenvalue weighted by Gasteiger charge is 2.20. The molecule has 0 bridgehead atoms. The van der Waals surface area contributed by atoms with Gasteiger partial charge in [-0.2, -0.15) is 0 Å². The van der Waals surface area contributed by atoms with E-state index in [9.17, 15) is 0 Å². The quantitative estimate of drug-likeness (QED) is 0.356. The Labute approximate surface area is 119 Å². The third-order valence-electron chi connectivity index (χ3n) is 3.71. The maximum atomic E-state index is 8.68. The van der Waals surface area contributed by atoms with Crippen molar-refractivity contribution in [1.29, 1.82) is 0 Å². The molecular formula is C14H23N5O. The summed E-state index contributed by atoms with van der Waals surface area (Å²) in [6.45, 7) is 4.30. The van der Waals surface area contributed by atoms with Crippen molar-refractivity contribution in [3.05, 3.63) is 29.6 Å². The van der Waals surface area contributed by atoms with Crippen molar-refractivity contribution < 1.29 is 5.21 Å². The first-order valence-electron chi connectivity index (χ1n) is 6.88. The lowest BCUT2D eigenvalue weighted by atomic mass is 10.1. The molecular weight excluding hydrogens is 254 g/mol. The van der Waals surface area contributed by atoms with E-state index >= 15 is 0 Å². The fourth-order valence-electron chi connectivity index (χ4n) is 2.76. The van der Waals surface area contributed by atoms with Crippen LogP contribution in [0.15, 0.2) is 23.5 Å². The van der Waals surface area contributed by atoms with Gasteiger partial charge in [-0.25, -0.2) is 0 Å². The van der Waals surface area contributed by atoms with Gasteiger partial charge in [0.25, 0.3) is 0 Å². The topological polar surface area (TPSA) is 78.0 Å². The van der Waals surface area contributed by atoms with Gasteiger partial charge in [-0.3, -0.25) is 4.98 Å². The summed E-state index contributed by atoms with van der Waals surface area (Å²) < 4.78 is 0. The Morgan fingerprint density at radius 2 is 2.45 bits per heavy atom. The van der Waals surface area contributed by atoms with Gasteiger partial charge in [0, 0.05) is 25.8 Å². The van der Waals surface area contributed by atoms with Gasteiger partial charge in [0.15, 0.2) is 5.84 Å². The number of nitrogens with two attached hydrogens (primary N) is 1. The molecule has 110 valence electrons. The number of likely N-dealkylation sites (tertiary alicyclic amines) is 1. The van der Waals surface area contributed by atoms with Gasteiger partial charge >= 0.3 is 0 Å². The van der Waals surface area contributed by atoms with Crippen LogP contribution < -0.4 is 5.73 Å². The maximum Gasteiger partial charge on any atom is 0.188 e. The standard InChI is InChI=1S/C14H23N5O/c1-18-6-4-12(9-18)10-19(2)8-11-3-5-16-13(7-11)14(15)17-20/h3,5,7,12,20H,4,6,8-10H2,1-2H3,(H2,15,17).